The average molecular weight is 213 g/mol. The van der Waals surface area contributed by atoms with Gasteiger partial charge in [-0.3, -0.25) is 0 Å². The third-order valence-electron chi connectivity index (χ3n) is 2.38. The largest absolute Gasteiger partial charge is 0.469 e. The highest BCUT2D eigenvalue weighted by Crippen LogP contribution is 2.19. The number of nitrogens with one attached hydrogen (secondary N) is 1. The first-order valence-corrected chi connectivity index (χ1v) is 5.94. The molecule has 1 aromatic rings. The Balaban J connectivity index is 1.85. The number of aliphatic hydroxyl groups excluding tert-OH is 1. The van der Waals surface area contributed by atoms with Gasteiger partial charge in [0.25, 0.3) is 0 Å². The first-order chi connectivity index (χ1) is 6.86. The van der Waals surface area contributed by atoms with Crippen LogP contribution in [0.15, 0.2) is 22.8 Å². The van der Waals surface area contributed by atoms with Gasteiger partial charge in [0.2, 0.25) is 0 Å². The van der Waals surface area contributed by atoms with Crippen molar-refractivity contribution < 1.29 is 9.52 Å². The molecule has 2 N–H and O–H groups in total. The molecule has 0 aromatic carbocycles. The van der Waals surface area contributed by atoms with Crippen LogP contribution in [0.2, 0.25) is 0 Å². The van der Waals surface area contributed by atoms with Crippen LogP contribution in [-0.2, 0) is 6.42 Å². The van der Waals surface area contributed by atoms with Crippen LogP contribution in [0.25, 0.3) is 0 Å². The van der Waals surface area contributed by atoms with Crippen molar-refractivity contribution in [3.8, 4) is 0 Å². The van der Waals surface area contributed by atoms with E-state index in [4.69, 9.17) is 4.42 Å². The molecule has 1 aliphatic heterocycles. The van der Waals surface area contributed by atoms with E-state index >= 15 is 0 Å². The zero-order valence-electron chi connectivity index (χ0n) is 7.98. The summed E-state index contributed by atoms with van der Waals surface area (Å²) in [6.45, 7) is 1.95. The monoisotopic (exact) mass is 213 g/mol. The maximum Gasteiger partial charge on any atom is 0.106 e. The smallest absolute Gasteiger partial charge is 0.106 e. The van der Waals surface area contributed by atoms with Crippen LogP contribution >= 0.6 is 11.8 Å². The second-order valence-corrected chi connectivity index (χ2v) is 4.81. The van der Waals surface area contributed by atoms with E-state index < -0.39 is 0 Å². The molecule has 2 rings (SSSR count). The molecule has 0 amide bonds. The minimum absolute atomic E-state index is 0.300. The van der Waals surface area contributed by atoms with Crippen molar-refractivity contribution in [3.63, 3.8) is 0 Å². The van der Waals surface area contributed by atoms with Crippen molar-refractivity contribution in [1.82, 2.24) is 5.32 Å². The summed E-state index contributed by atoms with van der Waals surface area (Å²) in [6.07, 6.45) is 1.96. The molecule has 4 heteroatoms. The minimum Gasteiger partial charge on any atom is -0.469 e. The Morgan fingerprint density at radius 1 is 1.71 bits per heavy atom. The lowest BCUT2D eigenvalue weighted by Gasteiger charge is -2.26. The molecule has 1 aliphatic rings. The molecule has 1 aromatic heterocycles. The summed E-state index contributed by atoms with van der Waals surface area (Å²) in [6, 6.07) is 3.76. The van der Waals surface area contributed by atoms with Crippen molar-refractivity contribution in [2.75, 3.05) is 18.8 Å². The first-order valence-electron chi connectivity index (χ1n) is 4.89. The third kappa shape index (κ3) is 2.53. The second-order valence-electron chi connectivity index (χ2n) is 3.46. The van der Waals surface area contributed by atoms with Crippen LogP contribution in [-0.4, -0.2) is 35.3 Å². The van der Waals surface area contributed by atoms with E-state index in [-0.39, 0.29) is 6.10 Å². The lowest BCUT2D eigenvalue weighted by molar-refractivity contribution is 0.162. The van der Waals surface area contributed by atoms with Gasteiger partial charge in [0.15, 0.2) is 0 Å². The second kappa shape index (κ2) is 4.87. The topological polar surface area (TPSA) is 45.4 Å². The molecule has 0 saturated carbocycles. The number of thioether (sulfide) groups is 1. The van der Waals surface area contributed by atoms with Crippen molar-refractivity contribution in [1.29, 1.82) is 0 Å². The lowest BCUT2D eigenvalue weighted by atomic mass is 10.1. The SMILES string of the molecule is OC(Cc1ccco1)C1CNCCS1. The van der Waals surface area contributed by atoms with Gasteiger partial charge in [-0.2, -0.15) is 11.8 Å². The zero-order valence-corrected chi connectivity index (χ0v) is 8.80. The maximum absolute atomic E-state index is 9.92. The van der Waals surface area contributed by atoms with Crippen LogP contribution in [0.5, 0.6) is 0 Å². The standard InChI is InChI=1S/C10H15NO2S/c12-9(6-8-2-1-4-13-8)10-7-11-3-5-14-10/h1-2,4,9-12H,3,5-7H2. The summed E-state index contributed by atoms with van der Waals surface area (Å²) in [5, 5.41) is 13.5. The quantitative estimate of drug-likeness (QED) is 0.782. The fourth-order valence-corrected chi connectivity index (χ4v) is 2.72. The molecule has 2 unspecified atom stereocenters. The van der Waals surface area contributed by atoms with Crippen LogP contribution in [0.4, 0.5) is 0 Å². The van der Waals surface area contributed by atoms with E-state index in [9.17, 15) is 5.11 Å². The molecule has 0 radical (unpaired) electrons. The molecule has 14 heavy (non-hydrogen) atoms. The summed E-state index contributed by atoms with van der Waals surface area (Å²) in [4.78, 5) is 0. The van der Waals surface area contributed by atoms with Gasteiger partial charge in [0, 0.05) is 30.5 Å². The molecule has 78 valence electrons. The van der Waals surface area contributed by atoms with Gasteiger partial charge in [-0.1, -0.05) is 0 Å². The summed E-state index contributed by atoms with van der Waals surface area (Å²) < 4.78 is 5.21. The summed E-state index contributed by atoms with van der Waals surface area (Å²) >= 11 is 1.84. The van der Waals surface area contributed by atoms with Gasteiger partial charge in [-0.25, -0.2) is 0 Å². The van der Waals surface area contributed by atoms with E-state index in [1.165, 1.54) is 0 Å². The molecule has 3 nitrogen and oxygen atoms in total. The Bertz CT molecular complexity index is 257. The van der Waals surface area contributed by atoms with E-state index in [1.54, 1.807) is 6.26 Å². The fraction of sp³-hybridized carbons (Fsp3) is 0.600. The van der Waals surface area contributed by atoms with Crippen molar-refractivity contribution >= 4 is 11.8 Å². The molecule has 2 heterocycles. The van der Waals surface area contributed by atoms with Crippen molar-refractivity contribution in [2.45, 2.75) is 17.8 Å². The molecule has 1 saturated heterocycles. The molecular weight excluding hydrogens is 198 g/mol. The Hall–Kier alpha value is -0.450. The van der Waals surface area contributed by atoms with Gasteiger partial charge < -0.3 is 14.8 Å². The van der Waals surface area contributed by atoms with Crippen LogP contribution in [0, 0.1) is 0 Å². The van der Waals surface area contributed by atoms with Crippen LogP contribution < -0.4 is 5.32 Å². The molecule has 0 bridgehead atoms. The van der Waals surface area contributed by atoms with Crippen LogP contribution in [0.1, 0.15) is 5.76 Å². The normalized spacial score (nSPS) is 24.8. The summed E-state index contributed by atoms with van der Waals surface area (Å²) in [5.74, 6) is 1.95. The molecule has 0 aliphatic carbocycles. The van der Waals surface area contributed by atoms with E-state index in [2.05, 4.69) is 5.32 Å². The van der Waals surface area contributed by atoms with Crippen molar-refractivity contribution in [3.05, 3.63) is 24.2 Å². The Morgan fingerprint density at radius 3 is 3.29 bits per heavy atom. The Kier molecular flexibility index (Phi) is 3.50. The summed E-state index contributed by atoms with van der Waals surface area (Å²) in [7, 11) is 0. The van der Waals surface area contributed by atoms with Gasteiger partial charge in [0.05, 0.1) is 12.4 Å². The maximum atomic E-state index is 9.92. The van der Waals surface area contributed by atoms with Gasteiger partial charge in [0.1, 0.15) is 5.76 Å². The van der Waals surface area contributed by atoms with Gasteiger partial charge in [-0.15, -0.1) is 0 Å². The number of aliphatic hydroxyl groups is 1. The van der Waals surface area contributed by atoms with Crippen molar-refractivity contribution in [2.24, 2.45) is 0 Å². The number of furan rings is 1. The van der Waals surface area contributed by atoms with Gasteiger partial charge >= 0.3 is 0 Å². The number of hydrogen-bond acceptors (Lipinski definition) is 4. The molecule has 0 spiro atoms. The number of hydrogen-bond donors (Lipinski definition) is 2. The Labute approximate surface area is 87.9 Å². The highest BCUT2D eigenvalue weighted by molar-refractivity contribution is 8.00. The van der Waals surface area contributed by atoms with E-state index in [0.717, 1.165) is 24.6 Å². The Morgan fingerprint density at radius 2 is 2.64 bits per heavy atom. The lowest BCUT2D eigenvalue weighted by Crippen LogP contribution is -2.40. The zero-order chi connectivity index (χ0) is 9.80. The predicted octanol–water partition coefficient (Wildman–Crippen LogP) is 0.888. The minimum atomic E-state index is -0.307. The van der Waals surface area contributed by atoms with E-state index in [0.29, 0.717) is 11.7 Å². The van der Waals surface area contributed by atoms with Gasteiger partial charge in [-0.05, 0) is 12.1 Å². The average Bonchev–Trinajstić information content (AvgIpc) is 2.72. The highest BCUT2D eigenvalue weighted by atomic mass is 32.2. The highest BCUT2D eigenvalue weighted by Gasteiger charge is 2.22. The number of rotatable bonds is 3. The molecule has 1 fully saturated rings. The first kappa shape index (κ1) is 10.1. The summed E-state index contributed by atoms with van der Waals surface area (Å²) in [5.41, 5.74) is 0. The third-order valence-corrected chi connectivity index (χ3v) is 3.72. The fourth-order valence-electron chi connectivity index (χ4n) is 1.60. The van der Waals surface area contributed by atoms with E-state index in [1.807, 2.05) is 23.9 Å². The molecule has 2 atom stereocenters. The predicted molar refractivity (Wildman–Crippen MR) is 57.5 cm³/mol. The van der Waals surface area contributed by atoms with Crippen LogP contribution in [0.3, 0.4) is 0 Å². The molecular formula is C10H15NO2S.